The van der Waals surface area contributed by atoms with E-state index in [4.69, 9.17) is 14.2 Å². The van der Waals surface area contributed by atoms with Crippen molar-refractivity contribution in [1.82, 2.24) is 4.98 Å². The fourth-order valence-electron chi connectivity index (χ4n) is 2.84. The average Bonchev–Trinajstić information content (AvgIpc) is 3.15. The summed E-state index contributed by atoms with van der Waals surface area (Å²) in [6.45, 7) is 0. The van der Waals surface area contributed by atoms with E-state index in [1.165, 1.54) is 44.8 Å². The molecule has 0 aliphatic rings. The first kappa shape index (κ1) is 20.6. The molecule has 3 rings (SSSR count). The predicted molar refractivity (Wildman–Crippen MR) is 110 cm³/mol. The Morgan fingerprint density at radius 3 is 2.28 bits per heavy atom. The number of rotatable bonds is 8. The molecule has 1 heterocycles. The topological polar surface area (TPSA) is 69.7 Å². The minimum Gasteiger partial charge on any atom is -0.493 e. The van der Waals surface area contributed by atoms with Gasteiger partial charge in [0, 0.05) is 17.5 Å². The minimum absolute atomic E-state index is 0.129. The van der Waals surface area contributed by atoms with Crippen LogP contribution >= 0.6 is 11.3 Å². The van der Waals surface area contributed by atoms with E-state index in [0.29, 0.717) is 28.8 Å². The molecule has 2 aromatic carbocycles. The summed E-state index contributed by atoms with van der Waals surface area (Å²) in [4.78, 5) is 17.7. The first-order chi connectivity index (χ1) is 14.0. The Hall–Kier alpha value is -3.13. The average molecular weight is 416 g/mol. The second-order valence-electron chi connectivity index (χ2n) is 6.19. The van der Waals surface area contributed by atoms with E-state index in [9.17, 15) is 9.18 Å². The number of nitrogens with one attached hydrogen (secondary N) is 1. The van der Waals surface area contributed by atoms with Crippen LogP contribution in [0.1, 0.15) is 16.0 Å². The molecule has 0 bridgehead atoms. The zero-order valence-electron chi connectivity index (χ0n) is 16.3. The first-order valence-electron chi connectivity index (χ1n) is 8.80. The fraction of sp³-hybridized carbons (Fsp3) is 0.238. The molecule has 0 radical (unpaired) electrons. The molecule has 0 atom stereocenters. The summed E-state index contributed by atoms with van der Waals surface area (Å²) in [6.07, 6.45) is 2.47. The number of hydrogen-bond donors (Lipinski definition) is 1. The van der Waals surface area contributed by atoms with Gasteiger partial charge in [0.05, 0.1) is 27.8 Å². The predicted octanol–water partition coefficient (Wildman–Crippen LogP) is 4.08. The Kier molecular flexibility index (Phi) is 6.66. The number of hydrogen-bond acceptors (Lipinski definition) is 6. The largest absolute Gasteiger partial charge is 0.493 e. The standard InChI is InChI=1S/C21H21FN2O4S/c1-26-17-9-14(10-18(27-2)20(17)28-3)11-19(25)24-21-23-12-16(29-21)8-13-4-6-15(22)7-5-13/h4-7,9-10,12H,8,11H2,1-3H3,(H,23,24,25). The summed E-state index contributed by atoms with van der Waals surface area (Å²) in [7, 11) is 4.58. The highest BCUT2D eigenvalue weighted by molar-refractivity contribution is 7.15. The first-order valence-corrected chi connectivity index (χ1v) is 9.62. The van der Waals surface area contributed by atoms with Gasteiger partial charge in [0.15, 0.2) is 16.6 Å². The van der Waals surface area contributed by atoms with E-state index in [-0.39, 0.29) is 18.1 Å². The molecule has 0 aliphatic carbocycles. The number of halogens is 1. The zero-order chi connectivity index (χ0) is 20.8. The van der Waals surface area contributed by atoms with Crippen molar-refractivity contribution in [3.05, 3.63) is 64.4 Å². The van der Waals surface area contributed by atoms with E-state index in [2.05, 4.69) is 10.3 Å². The molecule has 1 aromatic heterocycles. The highest BCUT2D eigenvalue weighted by Gasteiger charge is 2.15. The Morgan fingerprint density at radius 2 is 1.69 bits per heavy atom. The van der Waals surface area contributed by atoms with E-state index >= 15 is 0 Å². The molecule has 3 aromatic rings. The van der Waals surface area contributed by atoms with E-state index < -0.39 is 0 Å². The molecule has 0 spiro atoms. The van der Waals surface area contributed by atoms with Gasteiger partial charge in [-0.15, -0.1) is 11.3 Å². The Bertz CT molecular complexity index is 964. The molecule has 8 heteroatoms. The van der Waals surface area contributed by atoms with Crippen LogP contribution in [-0.4, -0.2) is 32.2 Å². The van der Waals surface area contributed by atoms with Crippen molar-refractivity contribution < 1.29 is 23.4 Å². The lowest BCUT2D eigenvalue weighted by molar-refractivity contribution is -0.115. The van der Waals surface area contributed by atoms with Gasteiger partial charge >= 0.3 is 0 Å². The second-order valence-corrected chi connectivity index (χ2v) is 7.31. The molecule has 152 valence electrons. The lowest BCUT2D eigenvalue weighted by Gasteiger charge is -2.13. The number of carbonyl (C=O) groups is 1. The highest BCUT2D eigenvalue weighted by atomic mass is 32.1. The molecule has 0 aliphatic heterocycles. The number of methoxy groups -OCH3 is 3. The minimum atomic E-state index is -0.266. The van der Waals surface area contributed by atoms with Crippen molar-refractivity contribution in [2.45, 2.75) is 12.8 Å². The van der Waals surface area contributed by atoms with Gasteiger partial charge in [-0.3, -0.25) is 4.79 Å². The number of nitrogens with zero attached hydrogens (tertiary/aromatic N) is 1. The third-order valence-corrected chi connectivity index (χ3v) is 5.09. The molecule has 0 unspecified atom stereocenters. The maximum Gasteiger partial charge on any atom is 0.230 e. The van der Waals surface area contributed by atoms with Crippen LogP contribution in [0.2, 0.25) is 0 Å². The molecular formula is C21H21FN2O4S. The van der Waals surface area contributed by atoms with E-state index in [1.54, 1.807) is 30.5 Å². The normalized spacial score (nSPS) is 10.5. The van der Waals surface area contributed by atoms with Gasteiger partial charge in [0.1, 0.15) is 5.82 Å². The van der Waals surface area contributed by atoms with Crippen LogP contribution in [0.15, 0.2) is 42.6 Å². The second kappa shape index (κ2) is 9.38. The van der Waals surface area contributed by atoms with Gasteiger partial charge in [0.2, 0.25) is 11.7 Å². The summed E-state index contributed by atoms with van der Waals surface area (Å²) < 4.78 is 28.9. The van der Waals surface area contributed by atoms with Gasteiger partial charge in [-0.2, -0.15) is 0 Å². The van der Waals surface area contributed by atoms with Crippen LogP contribution in [0.25, 0.3) is 0 Å². The third kappa shape index (κ3) is 5.23. The van der Waals surface area contributed by atoms with Crippen molar-refractivity contribution >= 4 is 22.4 Å². The van der Waals surface area contributed by atoms with Crippen LogP contribution in [0.4, 0.5) is 9.52 Å². The van der Waals surface area contributed by atoms with Crippen LogP contribution in [0.3, 0.4) is 0 Å². The SMILES string of the molecule is COc1cc(CC(=O)Nc2ncc(Cc3ccc(F)cc3)s2)cc(OC)c1OC. The van der Waals surface area contributed by atoms with Crippen molar-refractivity contribution in [1.29, 1.82) is 0 Å². The molecule has 0 saturated heterocycles. The number of thiazole rings is 1. The number of carbonyl (C=O) groups excluding carboxylic acids is 1. The van der Waals surface area contributed by atoms with Crippen molar-refractivity contribution in [2.24, 2.45) is 0 Å². The monoisotopic (exact) mass is 416 g/mol. The number of anilines is 1. The molecule has 1 N–H and O–H groups in total. The quantitative estimate of drug-likeness (QED) is 0.599. The summed E-state index contributed by atoms with van der Waals surface area (Å²) >= 11 is 1.39. The lowest BCUT2D eigenvalue weighted by Crippen LogP contribution is -2.14. The fourth-order valence-corrected chi connectivity index (χ4v) is 3.70. The maximum absolute atomic E-state index is 13.0. The summed E-state index contributed by atoms with van der Waals surface area (Å²) in [5.74, 6) is 0.986. The number of benzene rings is 2. The third-order valence-electron chi connectivity index (χ3n) is 4.18. The lowest BCUT2D eigenvalue weighted by atomic mass is 10.1. The van der Waals surface area contributed by atoms with Crippen molar-refractivity contribution in [3.63, 3.8) is 0 Å². The van der Waals surface area contributed by atoms with Crippen LogP contribution in [0.5, 0.6) is 17.2 Å². The summed E-state index contributed by atoms with van der Waals surface area (Å²) in [5.41, 5.74) is 1.70. The molecule has 29 heavy (non-hydrogen) atoms. The van der Waals surface area contributed by atoms with Crippen molar-refractivity contribution in [2.75, 3.05) is 26.6 Å². The molecular weight excluding hydrogens is 395 g/mol. The molecule has 0 saturated carbocycles. The van der Waals surface area contributed by atoms with Gasteiger partial charge in [-0.1, -0.05) is 12.1 Å². The number of aromatic nitrogens is 1. The van der Waals surface area contributed by atoms with Crippen LogP contribution < -0.4 is 19.5 Å². The summed E-state index contributed by atoms with van der Waals surface area (Å²) in [5, 5.41) is 3.32. The number of amides is 1. The Morgan fingerprint density at radius 1 is 1.03 bits per heavy atom. The van der Waals surface area contributed by atoms with Crippen LogP contribution in [-0.2, 0) is 17.6 Å². The zero-order valence-corrected chi connectivity index (χ0v) is 17.1. The molecule has 6 nitrogen and oxygen atoms in total. The maximum atomic E-state index is 13.0. The Labute approximate surface area is 172 Å². The molecule has 1 amide bonds. The van der Waals surface area contributed by atoms with Gasteiger partial charge in [-0.05, 0) is 35.4 Å². The van der Waals surface area contributed by atoms with Crippen molar-refractivity contribution in [3.8, 4) is 17.2 Å². The summed E-state index contributed by atoms with van der Waals surface area (Å²) in [6, 6.07) is 9.80. The van der Waals surface area contributed by atoms with E-state index in [1.807, 2.05) is 0 Å². The van der Waals surface area contributed by atoms with Gasteiger partial charge in [0.25, 0.3) is 0 Å². The van der Waals surface area contributed by atoms with E-state index in [0.717, 1.165) is 16.0 Å². The highest BCUT2D eigenvalue weighted by Crippen LogP contribution is 2.38. The van der Waals surface area contributed by atoms with Gasteiger partial charge in [-0.25, -0.2) is 9.37 Å². The molecule has 0 fully saturated rings. The van der Waals surface area contributed by atoms with Crippen LogP contribution in [0, 0.1) is 5.82 Å². The van der Waals surface area contributed by atoms with Gasteiger partial charge < -0.3 is 19.5 Å². The smallest absolute Gasteiger partial charge is 0.230 e. The Balaban J connectivity index is 1.65. The number of ether oxygens (including phenoxy) is 3.